The lowest BCUT2D eigenvalue weighted by molar-refractivity contribution is -0.143. The molecular formula is C13H24N2O4S. The standard InChI is InChI=1S/C13H24N2O4S/c1-9(5-7-20(3)19)14-13(18)15-6-4-11(12(16)17)8-10(15)2/h9-11H,4-8H2,1-3H3,(H,14,18)(H,16,17). The fraction of sp³-hybridized carbons (Fsp3) is 0.846. The summed E-state index contributed by atoms with van der Waals surface area (Å²) in [7, 11) is -0.853. The van der Waals surface area contributed by atoms with Crippen molar-refractivity contribution in [2.24, 2.45) is 5.92 Å². The number of rotatable bonds is 5. The zero-order valence-electron chi connectivity index (χ0n) is 12.3. The highest BCUT2D eigenvalue weighted by molar-refractivity contribution is 7.84. The fourth-order valence-electron chi connectivity index (χ4n) is 2.41. The van der Waals surface area contributed by atoms with Gasteiger partial charge in [-0.25, -0.2) is 4.79 Å². The molecule has 0 aromatic carbocycles. The first-order valence-corrected chi connectivity index (χ1v) is 8.64. The first-order valence-electron chi connectivity index (χ1n) is 6.91. The van der Waals surface area contributed by atoms with Gasteiger partial charge in [-0.2, -0.15) is 0 Å². The smallest absolute Gasteiger partial charge is 0.317 e. The van der Waals surface area contributed by atoms with Crippen LogP contribution in [-0.4, -0.2) is 56.9 Å². The van der Waals surface area contributed by atoms with E-state index in [9.17, 15) is 13.8 Å². The maximum Gasteiger partial charge on any atom is 0.317 e. The number of amides is 2. The second-order valence-electron chi connectivity index (χ2n) is 5.52. The lowest BCUT2D eigenvalue weighted by Gasteiger charge is -2.36. The highest BCUT2D eigenvalue weighted by atomic mass is 32.2. The van der Waals surface area contributed by atoms with E-state index in [1.54, 1.807) is 11.2 Å². The molecule has 0 aromatic heterocycles. The second-order valence-corrected chi connectivity index (χ2v) is 7.07. The van der Waals surface area contributed by atoms with Crippen LogP contribution in [-0.2, 0) is 15.6 Å². The van der Waals surface area contributed by atoms with E-state index >= 15 is 0 Å². The third-order valence-corrected chi connectivity index (χ3v) is 4.51. The molecule has 0 aromatic rings. The Balaban J connectivity index is 2.44. The van der Waals surface area contributed by atoms with Gasteiger partial charge >= 0.3 is 12.0 Å². The number of carboxylic acids is 1. The van der Waals surface area contributed by atoms with Crippen molar-refractivity contribution < 1.29 is 18.9 Å². The minimum Gasteiger partial charge on any atom is -0.481 e. The van der Waals surface area contributed by atoms with Crippen molar-refractivity contribution in [1.82, 2.24) is 10.2 Å². The van der Waals surface area contributed by atoms with Crippen molar-refractivity contribution in [1.29, 1.82) is 0 Å². The Labute approximate surface area is 122 Å². The number of nitrogens with zero attached hydrogens (tertiary/aromatic N) is 1. The molecular weight excluding hydrogens is 280 g/mol. The molecule has 4 unspecified atom stereocenters. The summed E-state index contributed by atoms with van der Waals surface area (Å²) >= 11 is 0. The molecule has 1 aliphatic heterocycles. The number of aliphatic carboxylic acids is 1. The molecule has 6 nitrogen and oxygen atoms in total. The molecule has 1 saturated heterocycles. The van der Waals surface area contributed by atoms with Crippen LogP contribution in [0.25, 0.3) is 0 Å². The molecule has 0 bridgehead atoms. The number of likely N-dealkylation sites (tertiary alicyclic amines) is 1. The number of hydrogen-bond acceptors (Lipinski definition) is 3. The largest absolute Gasteiger partial charge is 0.481 e. The van der Waals surface area contributed by atoms with Crippen LogP contribution < -0.4 is 5.32 Å². The van der Waals surface area contributed by atoms with Crippen LogP contribution in [0.1, 0.15) is 33.1 Å². The minimum absolute atomic E-state index is 0.0317. The summed E-state index contributed by atoms with van der Waals surface area (Å²) in [4.78, 5) is 24.8. The molecule has 2 N–H and O–H groups in total. The number of carbonyl (C=O) groups is 2. The molecule has 1 heterocycles. The Morgan fingerprint density at radius 3 is 2.65 bits per heavy atom. The van der Waals surface area contributed by atoms with Crippen LogP contribution in [0.4, 0.5) is 4.79 Å². The predicted molar refractivity (Wildman–Crippen MR) is 78.1 cm³/mol. The Morgan fingerprint density at radius 2 is 2.15 bits per heavy atom. The zero-order valence-corrected chi connectivity index (χ0v) is 13.1. The highest BCUT2D eigenvalue weighted by Crippen LogP contribution is 2.23. The molecule has 116 valence electrons. The van der Waals surface area contributed by atoms with Crippen LogP contribution >= 0.6 is 0 Å². The summed E-state index contributed by atoms with van der Waals surface area (Å²) in [6.45, 7) is 4.23. The molecule has 0 spiro atoms. The van der Waals surface area contributed by atoms with E-state index in [0.717, 1.165) is 0 Å². The summed E-state index contributed by atoms with van der Waals surface area (Å²) in [6.07, 6.45) is 3.32. The van der Waals surface area contributed by atoms with E-state index in [1.807, 2.05) is 13.8 Å². The van der Waals surface area contributed by atoms with Crippen molar-refractivity contribution in [3.05, 3.63) is 0 Å². The molecule has 4 atom stereocenters. The van der Waals surface area contributed by atoms with Gasteiger partial charge in [0, 0.05) is 41.4 Å². The predicted octanol–water partition coefficient (Wildman–Crippen LogP) is 1.04. The summed E-state index contributed by atoms with van der Waals surface area (Å²) in [5.74, 6) is -0.567. The van der Waals surface area contributed by atoms with E-state index < -0.39 is 16.8 Å². The maximum absolute atomic E-state index is 12.1. The van der Waals surface area contributed by atoms with Crippen molar-refractivity contribution in [3.8, 4) is 0 Å². The molecule has 1 fully saturated rings. The highest BCUT2D eigenvalue weighted by Gasteiger charge is 2.32. The van der Waals surface area contributed by atoms with Gasteiger partial charge in [-0.1, -0.05) is 0 Å². The van der Waals surface area contributed by atoms with Crippen LogP contribution in [0.2, 0.25) is 0 Å². The van der Waals surface area contributed by atoms with Crippen LogP contribution in [0, 0.1) is 5.92 Å². The van der Waals surface area contributed by atoms with E-state index in [4.69, 9.17) is 5.11 Å². The third-order valence-electron chi connectivity index (χ3n) is 3.69. The molecule has 0 aliphatic carbocycles. The van der Waals surface area contributed by atoms with Crippen molar-refractivity contribution in [2.45, 2.75) is 45.2 Å². The van der Waals surface area contributed by atoms with Gasteiger partial charge in [0.05, 0.1) is 5.92 Å². The number of nitrogens with one attached hydrogen (secondary N) is 1. The zero-order chi connectivity index (χ0) is 15.3. The normalized spacial score (nSPS) is 25.9. The van der Waals surface area contributed by atoms with E-state index in [2.05, 4.69) is 5.32 Å². The molecule has 2 amide bonds. The lowest BCUT2D eigenvalue weighted by atomic mass is 9.92. The van der Waals surface area contributed by atoms with Crippen molar-refractivity contribution >= 4 is 22.8 Å². The maximum atomic E-state index is 12.1. The van der Waals surface area contributed by atoms with E-state index in [1.165, 1.54) is 0 Å². The van der Waals surface area contributed by atoms with Gasteiger partial charge in [0.25, 0.3) is 0 Å². The fourth-order valence-corrected chi connectivity index (χ4v) is 3.09. The Kier molecular flexibility index (Phi) is 6.45. The van der Waals surface area contributed by atoms with Gasteiger partial charge in [-0.3, -0.25) is 9.00 Å². The van der Waals surface area contributed by atoms with E-state index in [0.29, 0.717) is 31.6 Å². The molecule has 0 saturated carbocycles. The Bertz CT molecular complexity index is 389. The summed E-state index contributed by atoms with van der Waals surface area (Å²) in [5, 5.41) is 11.9. The molecule has 20 heavy (non-hydrogen) atoms. The van der Waals surface area contributed by atoms with Crippen LogP contribution in [0.15, 0.2) is 0 Å². The Morgan fingerprint density at radius 1 is 1.50 bits per heavy atom. The van der Waals surface area contributed by atoms with Gasteiger partial charge in [0.15, 0.2) is 0 Å². The molecule has 1 rings (SSSR count). The number of hydrogen-bond donors (Lipinski definition) is 2. The van der Waals surface area contributed by atoms with Gasteiger partial charge in [0.1, 0.15) is 0 Å². The van der Waals surface area contributed by atoms with Crippen LogP contribution in [0.3, 0.4) is 0 Å². The van der Waals surface area contributed by atoms with Crippen LogP contribution in [0.5, 0.6) is 0 Å². The molecule has 1 aliphatic rings. The second kappa shape index (κ2) is 7.61. The van der Waals surface area contributed by atoms with Gasteiger partial charge in [-0.05, 0) is 33.1 Å². The summed E-state index contributed by atoms with van der Waals surface area (Å²) in [6, 6.07) is -0.260. The summed E-state index contributed by atoms with van der Waals surface area (Å²) in [5.41, 5.74) is 0. The molecule has 0 radical (unpaired) electrons. The third kappa shape index (κ3) is 5.11. The average molecular weight is 304 g/mol. The minimum atomic E-state index is -0.853. The van der Waals surface area contributed by atoms with Gasteiger partial charge in [-0.15, -0.1) is 0 Å². The monoisotopic (exact) mass is 304 g/mol. The lowest BCUT2D eigenvalue weighted by Crippen LogP contribution is -2.52. The number of carbonyl (C=O) groups excluding carboxylic acids is 1. The first-order chi connectivity index (χ1) is 9.31. The van der Waals surface area contributed by atoms with E-state index in [-0.39, 0.29) is 24.0 Å². The van der Waals surface area contributed by atoms with Crippen molar-refractivity contribution in [3.63, 3.8) is 0 Å². The number of piperidine rings is 1. The molecule has 7 heteroatoms. The van der Waals surface area contributed by atoms with Gasteiger partial charge in [0.2, 0.25) is 0 Å². The van der Waals surface area contributed by atoms with Crippen molar-refractivity contribution in [2.75, 3.05) is 18.6 Å². The quantitative estimate of drug-likeness (QED) is 0.794. The number of carboxylic acid groups (broad SMARTS) is 1. The first kappa shape index (κ1) is 16.9. The average Bonchev–Trinajstić information content (AvgIpc) is 2.35. The number of urea groups is 1. The van der Waals surface area contributed by atoms with Gasteiger partial charge < -0.3 is 15.3 Å². The Hall–Kier alpha value is -1.11. The SMILES string of the molecule is CC(CCS(C)=O)NC(=O)N1CCC(C(=O)O)CC1C. The topological polar surface area (TPSA) is 86.7 Å². The summed E-state index contributed by atoms with van der Waals surface area (Å²) < 4.78 is 11.0.